The first kappa shape index (κ1) is 33.4. The molecule has 182 valence electrons. The number of benzene rings is 2. The number of allylic oxidation sites excluding steroid dienone is 4. The number of hydrogen-bond acceptors (Lipinski definition) is 0. The van der Waals surface area contributed by atoms with Gasteiger partial charge in [-0.25, -0.2) is 11.6 Å². The molecular weight excluding hydrogens is 534 g/mol. The van der Waals surface area contributed by atoms with Crippen molar-refractivity contribution in [2.45, 2.75) is 92.9 Å². The maximum Gasteiger partial charge on any atom is 4.00 e. The van der Waals surface area contributed by atoms with Crippen LogP contribution in [0.1, 0.15) is 97.9 Å². The topological polar surface area (TPSA) is 0 Å². The summed E-state index contributed by atoms with van der Waals surface area (Å²) >= 11 is 0. The SMILES string of the molecule is CC(C)(C)c1c[c-]c2c(c1)-c1cc(C(C)(C)C)ccc1C2.CC1=[C-]CC(C(C)(C)C)=C1.[Cl-].[Cl-].[Zr+4]. The first-order valence-corrected chi connectivity index (χ1v) is 11.6. The molecule has 0 radical (unpaired) electrons. The predicted molar refractivity (Wildman–Crippen MR) is 136 cm³/mol. The molecule has 0 bridgehead atoms. The molecule has 0 unspecified atom stereocenters. The van der Waals surface area contributed by atoms with E-state index in [0.717, 1.165) is 12.8 Å². The zero-order chi connectivity index (χ0) is 23.2. The molecule has 0 spiro atoms. The summed E-state index contributed by atoms with van der Waals surface area (Å²) in [6.07, 6.45) is 7.61. The molecule has 0 aromatic heterocycles. The minimum atomic E-state index is 0. The van der Waals surface area contributed by atoms with Crippen LogP contribution in [0.2, 0.25) is 0 Å². The van der Waals surface area contributed by atoms with Crippen LogP contribution in [0.15, 0.2) is 47.6 Å². The summed E-state index contributed by atoms with van der Waals surface area (Å²) in [5.41, 5.74) is 11.9. The van der Waals surface area contributed by atoms with Crippen molar-refractivity contribution in [3.05, 3.63) is 82.0 Å². The van der Waals surface area contributed by atoms with E-state index in [0.29, 0.717) is 5.41 Å². The Kier molecular flexibility index (Phi) is 11.9. The molecule has 4 rings (SSSR count). The normalized spacial score (nSPS) is 14.2. The van der Waals surface area contributed by atoms with E-state index in [9.17, 15) is 0 Å². The molecule has 0 N–H and O–H groups in total. The van der Waals surface area contributed by atoms with Crippen molar-refractivity contribution in [2.75, 3.05) is 0 Å². The summed E-state index contributed by atoms with van der Waals surface area (Å²) in [5, 5.41) is 0. The van der Waals surface area contributed by atoms with E-state index in [-0.39, 0.29) is 61.8 Å². The van der Waals surface area contributed by atoms with E-state index in [4.69, 9.17) is 0 Å². The molecule has 0 fully saturated rings. The molecule has 2 aromatic carbocycles. The standard InChI is InChI=1S/C21H25.C10H15.2ClH.Zr/c1-20(2,3)16-9-7-14-11-15-8-10-17(21(4,5)6)13-19(15)18(14)12-16;1-8-5-6-9(7-8)10(2,3)4;;;/h7,9-10,12-13H,11H2,1-6H3;7H,6H2,1-4H3;2*1H;/q2*-1;;;+4/p-2. The van der Waals surface area contributed by atoms with E-state index in [1.807, 2.05) is 0 Å². The Balaban J connectivity index is 0.000000721. The van der Waals surface area contributed by atoms with Crippen molar-refractivity contribution >= 4 is 0 Å². The third-order valence-electron chi connectivity index (χ3n) is 6.44. The maximum absolute atomic E-state index is 3.53. The predicted octanol–water partition coefficient (Wildman–Crippen LogP) is 2.77. The van der Waals surface area contributed by atoms with Gasteiger partial charge in [-0.3, -0.25) is 6.08 Å². The van der Waals surface area contributed by atoms with Gasteiger partial charge in [0.1, 0.15) is 0 Å². The van der Waals surface area contributed by atoms with Crippen LogP contribution >= 0.6 is 0 Å². The maximum atomic E-state index is 3.53. The second-order valence-corrected chi connectivity index (χ2v) is 12.3. The van der Waals surface area contributed by atoms with Gasteiger partial charge in [-0.05, 0) is 22.8 Å². The van der Waals surface area contributed by atoms with Gasteiger partial charge < -0.3 is 24.8 Å². The summed E-state index contributed by atoms with van der Waals surface area (Å²) in [5.74, 6) is 0. The van der Waals surface area contributed by atoms with E-state index in [1.165, 1.54) is 44.5 Å². The van der Waals surface area contributed by atoms with Gasteiger partial charge in [0.15, 0.2) is 0 Å². The van der Waals surface area contributed by atoms with Gasteiger partial charge in [0.2, 0.25) is 0 Å². The molecule has 0 nitrogen and oxygen atoms in total. The third kappa shape index (κ3) is 7.95. The first-order chi connectivity index (χ1) is 14.2. The van der Waals surface area contributed by atoms with Crippen LogP contribution in [0.25, 0.3) is 11.1 Å². The van der Waals surface area contributed by atoms with Gasteiger partial charge in [-0.15, -0.1) is 12.0 Å². The molecule has 2 aromatic rings. The molecule has 34 heavy (non-hydrogen) atoms. The van der Waals surface area contributed by atoms with Crippen LogP contribution in [0, 0.1) is 17.6 Å². The Morgan fingerprint density at radius 3 is 1.74 bits per heavy atom. The van der Waals surface area contributed by atoms with Crippen molar-refractivity contribution < 1.29 is 51.0 Å². The molecule has 0 saturated carbocycles. The summed E-state index contributed by atoms with van der Waals surface area (Å²) in [6, 6.07) is 15.1. The first-order valence-electron chi connectivity index (χ1n) is 11.6. The number of rotatable bonds is 0. The summed E-state index contributed by atoms with van der Waals surface area (Å²) in [4.78, 5) is 0. The van der Waals surface area contributed by atoms with Crippen molar-refractivity contribution in [2.24, 2.45) is 5.41 Å². The van der Waals surface area contributed by atoms with Crippen LogP contribution in [-0.4, -0.2) is 0 Å². The second kappa shape index (κ2) is 12.1. The van der Waals surface area contributed by atoms with Crippen LogP contribution in [0.4, 0.5) is 0 Å². The van der Waals surface area contributed by atoms with Crippen molar-refractivity contribution in [1.29, 1.82) is 0 Å². The molecule has 3 heteroatoms. The quantitative estimate of drug-likeness (QED) is 0.363. The van der Waals surface area contributed by atoms with Crippen molar-refractivity contribution in [3.63, 3.8) is 0 Å². The monoisotopic (exact) mass is 572 g/mol. The fourth-order valence-electron chi connectivity index (χ4n) is 4.06. The third-order valence-corrected chi connectivity index (χ3v) is 6.44. The Morgan fingerprint density at radius 2 is 1.29 bits per heavy atom. The summed E-state index contributed by atoms with van der Waals surface area (Å²) in [6.45, 7) is 22.5. The molecule has 0 atom stereocenters. The molecule has 0 aliphatic heterocycles. The van der Waals surface area contributed by atoms with Gasteiger partial charge in [-0.2, -0.15) is 34.9 Å². The number of halogens is 2. The molecule has 0 amide bonds. The van der Waals surface area contributed by atoms with Gasteiger partial charge in [0, 0.05) is 0 Å². The number of hydrogen-bond donors (Lipinski definition) is 0. The fourth-order valence-corrected chi connectivity index (χ4v) is 4.06. The van der Waals surface area contributed by atoms with E-state index in [1.54, 1.807) is 0 Å². The Morgan fingerprint density at radius 1 is 0.735 bits per heavy atom. The van der Waals surface area contributed by atoms with Gasteiger partial charge in [0.25, 0.3) is 0 Å². The fraction of sp³-hybridized carbons (Fsp3) is 0.484. The zero-order valence-corrected chi connectivity index (χ0v) is 26.6. The molecular formula is C31H40Cl2Zr. The molecule has 2 aliphatic rings. The average molecular weight is 575 g/mol. The Labute approximate surface area is 241 Å². The van der Waals surface area contributed by atoms with Crippen LogP contribution in [0.5, 0.6) is 0 Å². The van der Waals surface area contributed by atoms with Gasteiger partial charge >= 0.3 is 26.2 Å². The number of fused-ring (bicyclic) bond motifs is 3. The van der Waals surface area contributed by atoms with Crippen LogP contribution in [-0.2, 0) is 43.5 Å². The van der Waals surface area contributed by atoms with Gasteiger partial charge in [0.05, 0.1) is 0 Å². The van der Waals surface area contributed by atoms with Crippen molar-refractivity contribution in [3.8, 4) is 11.1 Å². The minimum absolute atomic E-state index is 0. The van der Waals surface area contributed by atoms with Gasteiger partial charge in [-0.1, -0.05) is 104 Å². The smallest absolute Gasteiger partial charge is 1.00 e. The van der Waals surface area contributed by atoms with Crippen LogP contribution < -0.4 is 24.8 Å². The summed E-state index contributed by atoms with van der Waals surface area (Å²) in [7, 11) is 0. The Hall–Kier alpha value is -0.617. The molecule has 0 heterocycles. The second-order valence-electron chi connectivity index (χ2n) is 12.3. The van der Waals surface area contributed by atoms with Crippen LogP contribution in [0.3, 0.4) is 0 Å². The van der Waals surface area contributed by atoms with E-state index in [2.05, 4.69) is 118 Å². The zero-order valence-electron chi connectivity index (χ0n) is 22.6. The minimum Gasteiger partial charge on any atom is -1.00 e. The van der Waals surface area contributed by atoms with Crippen molar-refractivity contribution in [1.82, 2.24) is 0 Å². The Bertz CT molecular complexity index is 977. The average Bonchev–Trinajstić information content (AvgIpc) is 3.23. The largest absolute Gasteiger partial charge is 4.00 e. The summed E-state index contributed by atoms with van der Waals surface area (Å²) < 4.78 is 0. The van der Waals surface area contributed by atoms with E-state index >= 15 is 0 Å². The molecule has 2 aliphatic carbocycles. The van der Waals surface area contributed by atoms with E-state index < -0.39 is 0 Å². The molecule has 0 saturated heterocycles.